The van der Waals surface area contributed by atoms with Gasteiger partial charge >= 0.3 is 0 Å². The molecule has 1 atom stereocenters. The number of aromatic nitrogens is 2. The van der Waals surface area contributed by atoms with Crippen LogP contribution in [0.25, 0.3) is 0 Å². The van der Waals surface area contributed by atoms with E-state index in [1.165, 1.54) is 25.1 Å². The molecule has 0 unspecified atom stereocenters. The van der Waals surface area contributed by atoms with E-state index < -0.39 is 0 Å². The molecule has 2 rings (SSSR count). The first-order valence-corrected chi connectivity index (χ1v) is 4.58. The van der Waals surface area contributed by atoms with E-state index in [1.807, 2.05) is 6.20 Å². The van der Waals surface area contributed by atoms with E-state index >= 15 is 0 Å². The molecule has 0 aromatic carbocycles. The zero-order valence-corrected chi connectivity index (χ0v) is 7.45. The predicted octanol–water partition coefficient (Wildman–Crippen LogP) is 0.944. The van der Waals surface area contributed by atoms with Crippen molar-refractivity contribution in [2.75, 3.05) is 6.54 Å². The maximum Gasteiger partial charge on any atom is 0.0565 e. The first kappa shape index (κ1) is 7.80. The maximum absolute atomic E-state index is 4.26. The van der Waals surface area contributed by atoms with Crippen molar-refractivity contribution in [3.63, 3.8) is 0 Å². The lowest BCUT2D eigenvalue weighted by atomic mass is 10.2. The van der Waals surface area contributed by atoms with Crippen LogP contribution in [-0.4, -0.2) is 22.4 Å². The Balaban J connectivity index is 1.98. The van der Waals surface area contributed by atoms with Crippen LogP contribution in [0.3, 0.4) is 0 Å². The summed E-state index contributed by atoms with van der Waals surface area (Å²) in [5.74, 6) is 0. The van der Waals surface area contributed by atoms with Gasteiger partial charge in [-0.1, -0.05) is 0 Å². The molecule has 3 heteroatoms. The van der Waals surface area contributed by atoms with Gasteiger partial charge in [-0.25, -0.2) is 0 Å². The fourth-order valence-electron chi connectivity index (χ4n) is 1.71. The molecule has 12 heavy (non-hydrogen) atoms. The van der Waals surface area contributed by atoms with E-state index in [0.29, 0.717) is 6.04 Å². The smallest absolute Gasteiger partial charge is 0.0565 e. The van der Waals surface area contributed by atoms with E-state index in [2.05, 4.69) is 28.1 Å². The van der Waals surface area contributed by atoms with E-state index in [0.717, 1.165) is 6.54 Å². The van der Waals surface area contributed by atoms with E-state index in [1.54, 1.807) is 0 Å². The SMILES string of the molecule is Cc1ccnn1C[C@@H]1CCCN1. The minimum atomic E-state index is 0.642. The average Bonchev–Trinajstić information content (AvgIpc) is 2.65. The normalized spacial score (nSPS) is 23.2. The van der Waals surface area contributed by atoms with Crippen LogP contribution in [0, 0.1) is 6.92 Å². The molecule has 1 aromatic heterocycles. The molecule has 1 aliphatic heterocycles. The Morgan fingerprint density at radius 3 is 3.25 bits per heavy atom. The van der Waals surface area contributed by atoms with Gasteiger partial charge in [0.05, 0.1) is 6.54 Å². The quantitative estimate of drug-likeness (QED) is 0.707. The van der Waals surface area contributed by atoms with Crippen molar-refractivity contribution in [1.82, 2.24) is 15.1 Å². The van der Waals surface area contributed by atoms with Gasteiger partial charge in [0.25, 0.3) is 0 Å². The fraction of sp³-hybridized carbons (Fsp3) is 0.667. The van der Waals surface area contributed by atoms with Crippen LogP contribution in [0.2, 0.25) is 0 Å². The van der Waals surface area contributed by atoms with Gasteiger partial charge in [-0.3, -0.25) is 4.68 Å². The van der Waals surface area contributed by atoms with Crippen molar-refractivity contribution in [3.8, 4) is 0 Å². The van der Waals surface area contributed by atoms with E-state index in [4.69, 9.17) is 0 Å². The molecule has 66 valence electrons. The molecule has 1 aliphatic rings. The number of hydrogen-bond donors (Lipinski definition) is 1. The summed E-state index contributed by atoms with van der Waals surface area (Å²) in [7, 11) is 0. The van der Waals surface area contributed by atoms with Gasteiger partial charge in [0, 0.05) is 17.9 Å². The Morgan fingerprint density at radius 1 is 1.75 bits per heavy atom. The largest absolute Gasteiger partial charge is 0.312 e. The summed E-state index contributed by atoms with van der Waals surface area (Å²) < 4.78 is 2.07. The number of nitrogens with one attached hydrogen (secondary N) is 1. The Morgan fingerprint density at radius 2 is 2.67 bits per heavy atom. The van der Waals surface area contributed by atoms with E-state index in [-0.39, 0.29) is 0 Å². The number of rotatable bonds is 2. The van der Waals surface area contributed by atoms with Gasteiger partial charge in [0.2, 0.25) is 0 Å². The molecule has 1 saturated heterocycles. The van der Waals surface area contributed by atoms with Crippen molar-refractivity contribution in [1.29, 1.82) is 0 Å². The van der Waals surface area contributed by atoms with Gasteiger partial charge in [-0.15, -0.1) is 0 Å². The molecule has 0 aliphatic carbocycles. The van der Waals surface area contributed by atoms with Gasteiger partial charge < -0.3 is 5.32 Å². The van der Waals surface area contributed by atoms with Crippen LogP contribution in [0.15, 0.2) is 12.3 Å². The first-order valence-electron chi connectivity index (χ1n) is 4.58. The molecule has 0 amide bonds. The summed E-state index contributed by atoms with van der Waals surface area (Å²) in [5, 5.41) is 7.72. The topological polar surface area (TPSA) is 29.9 Å². The Labute approximate surface area is 72.8 Å². The molecule has 0 radical (unpaired) electrons. The van der Waals surface area contributed by atoms with E-state index in [9.17, 15) is 0 Å². The highest BCUT2D eigenvalue weighted by Gasteiger charge is 2.14. The van der Waals surface area contributed by atoms with Crippen LogP contribution in [-0.2, 0) is 6.54 Å². The molecule has 1 fully saturated rings. The Kier molecular flexibility index (Phi) is 2.13. The number of nitrogens with zero attached hydrogens (tertiary/aromatic N) is 2. The molecule has 3 nitrogen and oxygen atoms in total. The minimum absolute atomic E-state index is 0.642. The number of hydrogen-bond acceptors (Lipinski definition) is 2. The summed E-state index contributed by atoms with van der Waals surface area (Å²) in [4.78, 5) is 0. The summed E-state index contributed by atoms with van der Waals surface area (Å²) in [6, 6.07) is 2.69. The van der Waals surface area contributed by atoms with Crippen LogP contribution in [0.5, 0.6) is 0 Å². The summed E-state index contributed by atoms with van der Waals surface area (Å²) in [6.45, 7) is 4.30. The van der Waals surface area contributed by atoms with Crippen molar-refractivity contribution in [2.24, 2.45) is 0 Å². The second kappa shape index (κ2) is 3.27. The summed E-state index contributed by atoms with van der Waals surface area (Å²) in [6.07, 6.45) is 4.47. The highest BCUT2D eigenvalue weighted by molar-refractivity contribution is 4.97. The van der Waals surface area contributed by atoms with Gasteiger partial charge in [0.1, 0.15) is 0 Å². The molecule has 1 N–H and O–H groups in total. The minimum Gasteiger partial charge on any atom is -0.312 e. The van der Waals surface area contributed by atoms with Crippen molar-refractivity contribution < 1.29 is 0 Å². The third-order valence-electron chi connectivity index (χ3n) is 2.48. The molecular formula is C9H15N3. The fourth-order valence-corrected chi connectivity index (χ4v) is 1.71. The standard InChI is InChI=1S/C9H15N3/c1-8-4-6-11-12(8)7-9-3-2-5-10-9/h4,6,9-10H,2-3,5,7H2,1H3/t9-/m0/s1. The van der Waals surface area contributed by atoms with Crippen LogP contribution in [0.1, 0.15) is 18.5 Å². The second-order valence-corrected chi connectivity index (χ2v) is 3.45. The zero-order chi connectivity index (χ0) is 8.39. The predicted molar refractivity (Wildman–Crippen MR) is 48.0 cm³/mol. The summed E-state index contributed by atoms with van der Waals surface area (Å²) in [5.41, 5.74) is 1.25. The van der Waals surface area contributed by atoms with Gasteiger partial charge in [-0.05, 0) is 32.4 Å². The lowest BCUT2D eigenvalue weighted by Gasteiger charge is -2.11. The lowest BCUT2D eigenvalue weighted by Crippen LogP contribution is -2.27. The van der Waals surface area contributed by atoms with Gasteiger partial charge in [0.15, 0.2) is 0 Å². The third-order valence-corrected chi connectivity index (χ3v) is 2.48. The highest BCUT2D eigenvalue weighted by atomic mass is 15.3. The Bertz CT molecular complexity index is 248. The van der Waals surface area contributed by atoms with Crippen LogP contribution in [0.4, 0.5) is 0 Å². The van der Waals surface area contributed by atoms with Crippen molar-refractivity contribution in [3.05, 3.63) is 18.0 Å². The zero-order valence-electron chi connectivity index (χ0n) is 7.45. The third kappa shape index (κ3) is 1.50. The number of aryl methyl sites for hydroxylation is 1. The molecule has 2 heterocycles. The first-order chi connectivity index (χ1) is 5.86. The summed E-state index contributed by atoms with van der Waals surface area (Å²) >= 11 is 0. The molecule has 0 spiro atoms. The lowest BCUT2D eigenvalue weighted by molar-refractivity contribution is 0.469. The second-order valence-electron chi connectivity index (χ2n) is 3.45. The average molecular weight is 165 g/mol. The molecule has 0 saturated carbocycles. The molecular weight excluding hydrogens is 150 g/mol. The van der Waals surface area contributed by atoms with Crippen LogP contribution < -0.4 is 5.32 Å². The Hall–Kier alpha value is -0.830. The van der Waals surface area contributed by atoms with Crippen LogP contribution >= 0.6 is 0 Å². The monoisotopic (exact) mass is 165 g/mol. The van der Waals surface area contributed by atoms with Crippen molar-refractivity contribution >= 4 is 0 Å². The molecule has 1 aromatic rings. The van der Waals surface area contributed by atoms with Gasteiger partial charge in [-0.2, -0.15) is 5.10 Å². The van der Waals surface area contributed by atoms with Crippen molar-refractivity contribution in [2.45, 2.75) is 32.4 Å². The highest BCUT2D eigenvalue weighted by Crippen LogP contribution is 2.08. The maximum atomic E-state index is 4.26. The molecule has 0 bridgehead atoms.